The third-order valence-electron chi connectivity index (χ3n) is 5.92. The number of para-hydroxylation sites is 3. The van der Waals surface area contributed by atoms with Crippen LogP contribution in [-0.4, -0.2) is 92.5 Å². The molecule has 0 aliphatic rings. The van der Waals surface area contributed by atoms with E-state index < -0.39 is 52.2 Å². The van der Waals surface area contributed by atoms with E-state index in [1.165, 1.54) is 54.6 Å². The third-order valence-corrected chi connectivity index (χ3v) is 5.92. The van der Waals surface area contributed by atoms with Gasteiger partial charge in [0, 0.05) is 39.3 Å². The van der Waals surface area contributed by atoms with Gasteiger partial charge in [0.25, 0.3) is 17.7 Å². The molecule has 0 heterocycles. The van der Waals surface area contributed by atoms with Crippen LogP contribution in [-0.2, 0) is 0 Å². The molecule has 13 nitrogen and oxygen atoms in total. The molecule has 0 radical (unpaired) electrons. The SMILES string of the molecule is Br.O=C(NCCN(CCNC(=O)c1cccc(O)c1O)CCNC(=O)c1cccc(O)c1O)c1cccc(O)c1O. The first-order valence-electron chi connectivity index (χ1n) is 12.2. The van der Waals surface area contributed by atoms with E-state index in [4.69, 9.17) is 0 Å². The Hall–Kier alpha value is -4.69. The largest absolute Gasteiger partial charge is 0.504 e. The summed E-state index contributed by atoms with van der Waals surface area (Å²) < 4.78 is 0. The summed E-state index contributed by atoms with van der Waals surface area (Å²) in [6.07, 6.45) is 0. The van der Waals surface area contributed by atoms with Crippen molar-refractivity contribution in [1.82, 2.24) is 20.9 Å². The lowest BCUT2D eigenvalue weighted by Crippen LogP contribution is -2.43. The normalized spacial score (nSPS) is 10.5. The van der Waals surface area contributed by atoms with Crippen LogP contribution in [0.25, 0.3) is 0 Å². The van der Waals surface area contributed by atoms with E-state index >= 15 is 0 Å². The fourth-order valence-electron chi connectivity index (χ4n) is 3.75. The number of hydrogen-bond donors (Lipinski definition) is 9. The maximum atomic E-state index is 12.4. The van der Waals surface area contributed by atoms with Gasteiger partial charge in [0.05, 0.1) is 16.7 Å². The van der Waals surface area contributed by atoms with E-state index in [0.29, 0.717) is 0 Å². The van der Waals surface area contributed by atoms with E-state index in [9.17, 15) is 45.0 Å². The summed E-state index contributed by atoms with van der Waals surface area (Å²) in [5.74, 6) is -4.80. The van der Waals surface area contributed by atoms with Gasteiger partial charge >= 0.3 is 0 Å². The fraction of sp³-hybridized carbons (Fsp3) is 0.222. The lowest BCUT2D eigenvalue weighted by Gasteiger charge is -2.23. The van der Waals surface area contributed by atoms with Gasteiger partial charge in [0.1, 0.15) is 0 Å². The van der Waals surface area contributed by atoms with Crippen molar-refractivity contribution in [1.29, 1.82) is 0 Å². The van der Waals surface area contributed by atoms with E-state index in [-0.39, 0.29) is 72.9 Å². The number of nitrogens with one attached hydrogen (secondary N) is 3. The number of rotatable bonds is 12. The number of phenolic OH excluding ortho intramolecular Hbond substituents is 6. The highest BCUT2D eigenvalue weighted by molar-refractivity contribution is 8.93. The van der Waals surface area contributed by atoms with Crippen molar-refractivity contribution in [2.45, 2.75) is 0 Å². The van der Waals surface area contributed by atoms with Gasteiger partial charge in [-0.3, -0.25) is 19.3 Å². The molecule has 0 bridgehead atoms. The summed E-state index contributed by atoms with van der Waals surface area (Å²) in [6, 6.07) is 12.0. The zero-order valence-corrected chi connectivity index (χ0v) is 23.4. The molecule has 0 saturated carbocycles. The summed E-state index contributed by atoms with van der Waals surface area (Å²) in [5.41, 5.74) is -0.325. The van der Waals surface area contributed by atoms with Gasteiger partial charge in [-0.05, 0) is 36.4 Å². The van der Waals surface area contributed by atoms with E-state index in [1.807, 2.05) is 0 Å². The predicted molar refractivity (Wildman–Crippen MR) is 153 cm³/mol. The molecule has 14 heteroatoms. The molecule has 0 spiro atoms. The van der Waals surface area contributed by atoms with Crippen molar-refractivity contribution in [3.05, 3.63) is 71.3 Å². The minimum absolute atomic E-state index is 0. The molecule has 3 aromatic carbocycles. The average Bonchev–Trinajstić information content (AvgIpc) is 2.92. The highest BCUT2D eigenvalue weighted by Crippen LogP contribution is 2.29. The van der Waals surface area contributed by atoms with Crippen LogP contribution < -0.4 is 16.0 Å². The summed E-state index contributed by atoms with van der Waals surface area (Å²) in [5, 5.41) is 66.4. The number of hydrogen-bond acceptors (Lipinski definition) is 10. The number of nitrogens with zero attached hydrogens (tertiary/aromatic N) is 1. The van der Waals surface area contributed by atoms with Gasteiger partial charge in [-0.1, -0.05) is 18.2 Å². The molecule has 3 rings (SSSR count). The lowest BCUT2D eigenvalue weighted by molar-refractivity contribution is 0.0944. The van der Waals surface area contributed by atoms with Crippen LogP contribution in [0.3, 0.4) is 0 Å². The lowest BCUT2D eigenvalue weighted by atomic mass is 10.1. The maximum absolute atomic E-state index is 12.4. The molecule has 0 unspecified atom stereocenters. The highest BCUT2D eigenvalue weighted by Gasteiger charge is 2.17. The molecular weight excluding hydrogens is 604 g/mol. The van der Waals surface area contributed by atoms with E-state index in [1.54, 1.807) is 4.90 Å². The van der Waals surface area contributed by atoms with Gasteiger partial charge < -0.3 is 46.6 Å². The number of aromatic hydroxyl groups is 6. The Labute approximate surface area is 245 Å². The Morgan fingerprint density at radius 1 is 0.512 bits per heavy atom. The molecule has 0 atom stereocenters. The summed E-state index contributed by atoms with van der Waals surface area (Å²) in [7, 11) is 0. The molecule has 0 saturated heterocycles. The second kappa shape index (κ2) is 15.2. The smallest absolute Gasteiger partial charge is 0.255 e. The van der Waals surface area contributed by atoms with E-state index in [2.05, 4.69) is 16.0 Å². The first-order chi connectivity index (χ1) is 19.1. The second-order valence-corrected chi connectivity index (χ2v) is 8.63. The molecule has 0 fully saturated rings. The molecule has 9 N–H and O–H groups in total. The van der Waals surface area contributed by atoms with Crippen molar-refractivity contribution in [3.63, 3.8) is 0 Å². The molecule has 0 aliphatic carbocycles. The van der Waals surface area contributed by atoms with Crippen LogP contribution >= 0.6 is 17.0 Å². The van der Waals surface area contributed by atoms with Crippen molar-refractivity contribution >= 4 is 34.7 Å². The second-order valence-electron chi connectivity index (χ2n) is 8.63. The molecule has 3 amide bonds. The summed E-state index contributed by atoms with van der Waals surface area (Å²) in [4.78, 5) is 39.1. The quantitative estimate of drug-likeness (QED) is 0.131. The van der Waals surface area contributed by atoms with Crippen molar-refractivity contribution < 1.29 is 45.0 Å². The van der Waals surface area contributed by atoms with Crippen LogP contribution in [0.4, 0.5) is 0 Å². The number of benzene rings is 3. The van der Waals surface area contributed by atoms with Crippen molar-refractivity contribution in [2.75, 3.05) is 39.3 Å². The summed E-state index contributed by atoms with van der Waals surface area (Å²) >= 11 is 0. The van der Waals surface area contributed by atoms with Crippen LogP contribution in [0.5, 0.6) is 34.5 Å². The zero-order chi connectivity index (χ0) is 29.2. The predicted octanol–water partition coefficient (Wildman–Crippen LogP) is 1.39. The number of halogens is 1. The first-order valence-corrected chi connectivity index (χ1v) is 12.2. The minimum Gasteiger partial charge on any atom is -0.504 e. The van der Waals surface area contributed by atoms with Gasteiger partial charge in [-0.25, -0.2) is 0 Å². The molecule has 220 valence electrons. The maximum Gasteiger partial charge on any atom is 0.255 e. The van der Waals surface area contributed by atoms with Crippen LogP contribution in [0.1, 0.15) is 31.1 Å². The first kappa shape index (κ1) is 32.5. The van der Waals surface area contributed by atoms with Gasteiger partial charge in [0.15, 0.2) is 34.5 Å². The number of amides is 3. The van der Waals surface area contributed by atoms with Crippen LogP contribution in [0.15, 0.2) is 54.6 Å². The monoisotopic (exact) mass is 634 g/mol. The number of carbonyl (C=O) groups is 3. The van der Waals surface area contributed by atoms with Gasteiger partial charge in [-0.15, -0.1) is 17.0 Å². The third kappa shape index (κ3) is 8.65. The van der Waals surface area contributed by atoms with Crippen molar-refractivity contribution in [2.24, 2.45) is 0 Å². The zero-order valence-electron chi connectivity index (χ0n) is 21.7. The number of phenols is 6. The topological polar surface area (TPSA) is 212 Å². The van der Waals surface area contributed by atoms with Gasteiger partial charge in [-0.2, -0.15) is 0 Å². The number of carbonyl (C=O) groups excluding carboxylic acids is 3. The van der Waals surface area contributed by atoms with E-state index in [0.717, 1.165) is 0 Å². The minimum atomic E-state index is -0.617. The highest BCUT2D eigenvalue weighted by atomic mass is 79.9. The van der Waals surface area contributed by atoms with Crippen LogP contribution in [0.2, 0.25) is 0 Å². The molecular formula is C27H31BrN4O9. The molecule has 0 aliphatic heterocycles. The molecule has 3 aromatic rings. The summed E-state index contributed by atoms with van der Waals surface area (Å²) in [6.45, 7) is 1.09. The van der Waals surface area contributed by atoms with Crippen molar-refractivity contribution in [3.8, 4) is 34.5 Å². The Balaban J connectivity index is 0.00000588. The average molecular weight is 635 g/mol. The standard InChI is InChI=1S/C27H30N4O9.BrH/c32-19-7-1-4-16(22(19)35)25(38)28-10-13-31(14-11-29-26(39)17-5-2-8-20(33)23(17)36)15-12-30-27(40)18-6-3-9-21(34)24(18)37;/h1-9,32-37H,10-15H2,(H,28,38)(H,29,39)(H,30,40);1H. The fourth-order valence-corrected chi connectivity index (χ4v) is 3.75. The Bertz CT molecular complexity index is 1220. The Kier molecular flexibility index (Phi) is 12.0. The molecule has 0 aromatic heterocycles. The molecule has 41 heavy (non-hydrogen) atoms. The Morgan fingerprint density at radius 3 is 1.05 bits per heavy atom. The Morgan fingerprint density at radius 2 is 0.780 bits per heavy atom. The van der Waals surface area contributed by atoms with Crippen LogP contribution in [0, 0.1) is 0 Å². The van der Waals surface area contributed by atoms with Gasteiger partial charge in [0.2, 0.25) is 0 Å².